The van der Waals surface area contributed by atoms with Crippen molar-refractivity contribution in [1.82, 2.24) is 4.90 Å². The van der Waals surface area contributed by atoms with Gasteiger partial charge in [0.1, 0.15) is 12.4 Å². The Balaban J connectivity index is 2.11. The van der Waals surface area contributed by atoms with Gasteiger partial charge in [-0.2, -0.15) is 10.2 Å². The van der Waals surface area contributed by atoms with Gasteiger partial charge in [0.05, 0.1) is 22.5 Å². The third-order valence-electron chi connectivity index (χ3n) is 3.34. The van der Waals surface area contributed by atoms with E-state index in [0.717, 1.165) is 12.6 Å². The second kappa shape index (κ2) is 8.72. The molecule has 0 bridgehead atoms. The second-order valence-corrected chi connectivity index (χ2v) is 5.72. The van der Waals surface area contributed by atoms with Gasteiger partial charge in [-0.25, -0.2) is 9.59 Å². The van der Waals surface area contributed by atoms with E-state index in [4.69, 9.17) is 14.9 Å². The molecule has 0 heterocycles. The molecule has 2 N–H and O–H groups in total. The first kappa shape index (κ1) is 19.1. The zero-order valence-electron chi connectivity index (χ0n) is 14.4. The molecule has 136 valence electrons. The quantitative estimate of drug-likeness (QED) is 0.700. The van der Waals surface area contributed by atoms with E-state index in [0.29, 0.717) is 18.0 Å². The first-order chi connectivity index (χ1) is 12.3. The molecule has 0 saturated heterocycles. The zero-order chi connectivity index (χ0) is 19.1. The van der Waals surface area contributed by atoms with E-state index >= 15 is 0 Å². The summed E-state index contributed by atoms with van der Waals surface area (Å²) in [6, 6.07) is 10.5. The Kier molecular flexibility index (Phi) is 6.40. The minimum atomic E-state index is -1.23. The molecule has 0 unspecified atom stereocenters. The number of rotatable bonds is 8. The van der Waals surface area contributed by atoms with Crippen molar-refractivity contribution in [2.45, 2.75) is 0 Å². The summed E-state index contributed by atoms with van der Waals surface area (Å²) in [5.41, 5.74) is 0.350. The average Bonchev–Trinajstić information content (AvgIpc) is 2.60. The van der Waals surface area contributed by atoms with E-state index in [9.17, 15) is 9.59 Å². The van der Waals surface area contributed by atoms with Gasteiger partial charge in [0, 0.05) is 6.54 Å². The number of carbonyl (C=O) groups is 2. The maximum Gasteiger partial charge on any atom is 0.335 e. The fourth-order valence-electron chi connectivity index (χ4n) is 1.99. The summed E-state index contributed by atoms with van der Waals surface area (Å²) in [4.78, 5) is 24.2. The molecule has 2 aromatic carbocycles. The topological polar surface area (TPSA) is 112 Å². The van der Waals surface area contributed by atoms with Gasteiger partial charge in [0.2, 0.25) is 0 Å². The van der Waals surface area contributed by atoms with Gasteiger partial charge in [-0.15, -0.1) is 0 Å². The molecule has 0 radical (unpaired) electrons. The van der Waals surface area contributed by atoms with Gasteiger partial charge in [-0.3, -0.25) is 0 Å². The molecule has 2 aromatic rings. The summed E-state index contributed by atoms with van der Waals surface area (Å²) >= 11 is 0. The Bertz CT molecular complexity index is 784. The average molecular weight is 357 g/mol. The Morgan fingerprint density at radius 1 is 0.923 bits per heavy atom. The Morgan fingerprint density at radius 2 is 1.46 bits per heavy atom. The summed E-state index contributed by atoms with van der Waals surface area (Å²) in [5.74, 6) is -1.76. The third kappa shape index (κ3) is 5.67. The number of hydrogen-bond donors (Lipinski definition) is 2. The van der Waals surface area contributed by atoms with Crippen molar-refractivity contribution in [1.29, 1.82) is 0 Å². The van der Waals surface area contributed by atoms with Gasteiger partial charge in [-0.1, -0.05) is 0 Å². The van der Waals surface area contributed by atoms with Crippen LogP contribution in [0.1, 0.15) is 20.7 Å². The molecule has 8 heteroatoms. The number of azo groups is 1. The van der Waals surface area contributed by atoms with E-state index in [2.05, 4.69) is 10.2 Å². The third-order valence-corrected chi connectivity index (χ3v) is 3.34. The largest absolute Gasteiger partial charge is 0.492 e. The van der Waals surface area contributed by atoms with E-state index in [-0.39, 0.29) is 16.8 Å². The maximum atomic E-state index is 11.1. The lowest BCUT2D eigenvalue weighted by Gasteiger charge is -2.10. The van der Waals surface area contributed by atoms with Crippen LogP contribution < -0.4 is 4.74 Å². The monoisotopic (exact) mass is 357 g/mol. The number of aromatic carboxylic acids is 2. The molecule has 8 nitrogen and oxygen atoms in total. The normalized spacial score (nSPS) is 11.0. The van der Waals surface area contributed by atoms with Crippen LogP contribution in [0.3, 0.4) is 0 Å². The van der Waals surface area contributed by atoms with Crippen LogP contribution in [-0.2, 0) is 0 Å². The molecule has 0 saturated carbocycles. The predicted molar refractivity (Wildman–Crippen MR) is 95.0 cm³/mol. The first-order valence-corrected chi connectivity index (χ1v) is 7.76. The van der Waals surface area contributed by atoms with Crippen LogP contribution in [0.15, 0.2) is 52.7 Å². The van der Waals surface area contributed by atoms with Crippen molar-refractivity contribution >= 4 is 23.3 Å². The molecule has 0 aliphatic heterocycles. The van der Waals surface area contributed by atoms with Gasteiger partial charge in [-0.05, 0) is 56.6 Å². The van der Waals surface area contributed by atoms with Crippen molar-refractivity contribution < 1.29 is 24.5 Å². The molecule has 26 heavy (non-hydrogen) atoms. The fraction of sp³-hybridized carbons (Fsp3) is 0.222. The minimum Gasteiger partial charge on any atom is -0.492 e. The van der Waals surface area contributed by atoms with Crippen LogP contribution in [0.5, 0.6) is 5.75 Å². The Labute approximate surface area is 150 Å². The summed E-state index contributed by atoms with van der Waals surface area (Å²) < 4.78 is 5.57. The van der Waals surface area contributed by atoms with E-state index in [1.54, 1.807) is 24.3 Å². The molecule has 2 rings (SSSR count). The number of hydrogen-bond acceptors (Lipinski definition) is 6. The SMILES string of the molecule is CN(C)CCOc1ccc(N=Nc2cc(C(=O)O)cc(C(=O)O)c2)cc1. The zero-order valence-corrected chi connectivity index (χ0v) is 14.4. The highest BCUT2D eigenvalue weighted by atomic mass is 16.5. The maximum absolute atomic E-state index is 11.1. The van der Waals surface area contributed by atoms with Crippen molar-refractivity contribution in [2.75, 3.05) is 27.2 Å². The van der Waals surface area contributed by atoms with E-state index in [1.165, 1.54) is 12.1 Å². The molecule has 0 spiro atoms. The molecule has 0 aliphatic rings. The van der Waals surface area contributed by atoms with Crippen LogP contribution in [0, 0.1) is 0 Å². The molecule has 0 aliphatic carbocycles. The number of ether oxygens (including phenoxy) is 1. The minimum absolute atomic E-state index is 0.147. The highest BCUT2D eigenvalue weighted by Crippen LogP contribution is 2.23. The van der Waals surface area contributed by atoms with Gasteiger partial charge in [0.15, 0.2) is 0 Å². The van der Waals surface area contributed by atoms with Crippen LogP contribution >= 0.6 is 0 Å². The van der Waals surface area contributed by atoms with Crippen LogP contribution in [0.4, 0.5) is 11.4 Å². The summed E-state index contributed by atoms with van der Waals surface area (Å²) in [6.45, 7) is 1.36. The molecule has 0 fully saturated rings. The smallest absolute Gasteiger partial charge is 0.335 e. The lowest BCUT2D eigenvalue weighted by molar-refractivity contribution is 0.0696. The van der Waals surface area contributed by atoms with Crippen molar-refractivity contribution in [3.63, 3.8) is 0 Å². The first-order valence-electron chi connectivity index (χ1n) is 7.76. The molecular weight excluding hydrogens is 338 g/mol. The lowest BCUT2D eigenvalue weighted by Crippen LogP contribution is -2.19. The molecule has 0 aromatic heterocycles. The van der Waals surface area contributed by atoms with Gasteiger partial charge < -0.3 is 19.8 Å². The predicted octanol–water partition coefficient (Wildman–Crippen LogP) is 3.44. The summed E-state index contributed by atoms with van der Waals surface area (Å²) in [5, 5.41) is 26.0. The van der Waals surface area contributed by atoms with Gasteiger partial charge in [0.25, 0.3) is 0 Å². The van der Waals surface area contributed by atoms with Crippen LogP contribution in [0.25, 0.3) is 0 Å². The second-order valence-electron chi connectivity index (χ2n) is 5.72. The van der Waals surface area contributed by atoms with Crippen molar-refractivity contribution in [3.05, 3.63) is 53.6 Å². The number of carboxylic acid groups (broad SMARTS) is 2. The fourth-order valence-corrected chi connectivity index (χ4v) is 1.99. The molecular formula is C18H19N3O5. The summed E-state index contributed by atoms with van der Waals surface area (Å²) in [7, 11) is 3.92. The highest BCUT2D eigenvalue weighted by Gasteiger charge is 2.11. The number of carboxylic acids is 2. The summed E-state index contributed by atoms with van der Waals surface area (Å²) in [6.07, 6.45) is 0. The van der Waals surface area contributed by atoms with Crippen molar-refractivity contribution in [3.8, 4) is 5.75 Å². The lowest BCUT2D eigenvalue weighted by atomic mass is 10.1. The van der Waals surface area contributed by atoms with Crippen LogP contribution in [0.2, 0.25) is 0 Å². The van der Waals surface area contributed by atoms with Crippen LogP contribution in [-0.4, -0.2) is 54.3 Å². The van der Waals surface area contributed by atoms with Gasteiger partial charge >= 0.3 is 11.9 Å². The molecule has 0 atom stereocenters. The standard InChI is InChI=1S/C18H19N3O5/c1-21(2)7-8-26-16-5-3-14(4-6-16)19-20-15-10-12(17(22)23)9-13(11-15)18(24)25/h3-6,9-11H,7-8H2,1-2H3,(H,22,23)(H,24,25). The highest BCUT2D eigenvalue weighted by molar-refractivity contribution is 5.95. The Morgan fingerprint density at radius 3 is 1.96 bits per heavy atom. The number of likely N-dealkylation sites (N-methyl/N-ethyl adjacent to an activating group) is 1. The number of benzene rings is 2. The van der Waals surface area contributed by atoms with E-state index in [1.807, 2.05) is 19.0 Å². The number of nitrogens with zero attached hydrogens (tertiary/aromatic N) is 3. The molecule has 0 amide bonds. The van der Waals surface area contributed by atoms with E-state index < -0.39 is 11.9 Å². The Hall–Kier alpha value is -3.26. The van der Waals surface area contributed by atoms with Crippen molar-refractivity contribution in [2.24, 2.45) is 10.2 Å².